The van der Waals surface area contributed by atoms with Crippen LogP contribution in [-0.2, 0) is 4.79 Å². The predicted molar refractivity (Wildman–Crippen MR) is 89.2 cm³/mol. The monoisotopic (exact) mass is 359 g/mol. The number of nitrogens with one attached hydrogen (secondary N) is 1. The SMILES string of the molecule is O=C1NC(=Nc2cccc(Br)c2)S/C1=C/c1cccnc1. The van der Waals surface area contributed by atoms with E-state index in [1.807, 2.05) is 36.4 Å². The van der Waals surface area contributed by atoms with Crippen LogP contribution in [0, 0.1) is 0 Å². The minimum absolute atomic E-state index is 0.141. The molecule has 0 saturated carbocycles. The first kappa shape index (κ1) is 14.0. The Labute approximate surface area is 134 Å². The standard InChI is InChI=1S/C15H10BrN3OS/c16-11-4-1-5-12(8-11)18-15-19-14(20)13(21-15)7-10-3-2-6-17-9-10/h1-9H,(H,18,19,20)/b13-7+. The van der Waals surface area contributed by atoms with Crippen LogP contribution in [0.2, 0.25) is 0 Å². The summed E-state index contributed by atoms with van der Waals surface area (Å²) in [5.41, 5.74) is 1.67. The summed E-state index contributed by atoms with van der Waals surface area (Å²) in [4.78, 5) is 21.0. The van der Waals surface area contributed by atoms with Gasteiger partial charge in [-0.2, -0.15) is 0 Å². The van der Waals surface area contributed by atoms with Crippen LogP contribution in [0.1, 0.15) is 5.56 Å². The van der Waals surface area contributed by atoms with Crippen molar-refractivity contribution < 1.29 is 4.79 Å². The molecule has 0 bridgehead atoms. The molecule has 0 spiro atoms. The number of hydrogen-bond donors (Lipinski definition) is 1. The molecule has 1 aliphatic rings. The summed E-state index contributed by atoms with van der Waals surface area (Å²) in [5.74, 6) is -0.141. The van der Waals surface area contributed by atoms with Crippen LogP contribution in [0.5, 0.6) is 0 Å². The normalized spacial score (nSPS) is 18.2. The lowest BCUT2D eigenvalue weighted by molar-refractivity contribution is -0.115. The molecule has 1 aliphatic heterocycles. The summed E-state index contributed by atoms with van der Waals surface area (Å²) in [6, 6.07) is 11.3. The number of rotatable bonds is 2. The van der Waals surface area contributed by atoms with E-state index >= 15 is 0 Å². The number of aliphatic imine (C=N–C) groups is 1. The molecular formula is C15H10BrN3OS. The number of carbonyl (C=O) groups excluding carboxylic acids is 1. The zero-order valence-corrected chi connectivity index (χ0v) is 13.2. The second-order valence-electron chi connectivity index (χ2n) is 4.25. The molecule has 104 valence electrons. The average Bonchev–Trinajstić information content (AvgIpc) is 2.80. The molecule has 1 amide bonds. The number of hydrogen-bond acceptors (Lipinski definition) is 4. The highest BCUT2D eigenvalue weighted by atomic mass is 79.9. The maximum Gasteiger partial charge on any atom is 0.264 e. The highest BCUT2D eigenvalue weighted by molar-refractivity contribution is 9.10. The van der Waals surface area contributed by atoms with Crippen molar-refractivity contribution in [3.63, 3.8) is 0 Å². The van der Waals surface area contributed by atoms with Crippen molar-refractivity contribution in [1.29, 1.82) is 0 Å². The molecule has 1 fully saturated rings. The number of halogens is 1. The summed E-state index contributed by atoms with van der Waals surface area (Å²) in [5, 5.41) is 3.34. The third-order valence-electron chi connectivity index (χ3n) is 2.67. The van der Waals surface area contributed by atoms with Gasteiger partial charge in [-0.3, -0.25) is 9.78 Å². The van der Waals surface area contributed by atoms with Gasteiger partial charge in [0.2, 0.25) is 0 Å². The highest BCUT2D eigenvalue weighted by Gasteiger charge is 2.23. The third kappa shape index (κ3) is 3.59. The van der Waals surface area contributed by atoms with Gasteiger partial charge >= 0.3 is 0 Å². The molecule has 1 N–H and O–H groups in total. The van der Waals surface area contributed by atoms with Gasteiger partial charge < -0.3 is 5.32 Å². The lowest BCUT2D eigenvalue weighted by atomic mass is 10.2. The smallest absolute Gasteiger partial charge is 0.264 e. The van der Waals surface area contributed by atoms with Gasteiger partial charge in [0.1, 0.15) is 0 Å². The molecule has 0 radical (unpaired) electrons. The number of nitrogens with zero attached hydrogens (tertiary/aromatic N) is 2. The second kappa shape index (κ2) is 6.24. The van der Waals surface area contributed by atoms with Crippen LogP contribution < -0.4 is 5.32 Å². The molecule has 0 unspecified atom stereocenters. The van der Waals surface area contributed by atoms with E-state index in [1.165, 1.54) is 11.8 Å². The van der Waals surface area contributed by atoms with Crippen LogP contribution >= 0.6 is 27.7 Å². The molecule has 0 aliphatic carbocycles. The maximum atomic E-state index is 11.9. The molecular weight excluding hydrogens is 350 g/mol. The lowest BCUT2D eigenvalue weighted by Crippen LogP contribution is -2.19. The molecule has 1 aromatic heterocycles. The summed E-state index contributed by atoms with van der Waals surface area (Å²) < 4.78 is 0.949. The van der Waals surface area contributed by atoms with E-state index in [2.05, 4.69) is 31.2 Å². The number of aromatic nitrogens is 1. The van der Waals surface area contributed by atoms with E-state index in [1.54, 1.807) is 18.5 Å². The lowest BCUT2D eigenvalue weighted by Gasteiger charge is -1.96. The first-order valence-electron chi connectivity index (χ1n) is 6.16. The first-order chi connectivity index (χ1) is 10.2. The van der Waals surface area contributed by atoms with Crippen molar-refractivity contribution in [3.8, 4) is 0 Å². The van der Waals surface area contributed by atoms with Gasteiger partial charge in [0, 0.05) is 16.9 Å². The Kier molecular flexibility index (Phi) is 4.17. The van der Waals surface area contributed by atoms with Crippen LogP contribution in [0.25, 0.3) is 6.08 Å². The van der Waals surface area contributed by atoms with Gasteiger partial charge in [-0.05, 0) is 47.7 Å². The fraction of sp³-hybridized carbons (Fsp3) is 0. The molecule has 6 heteroatoms. The Morgan fingerprint density at radius 2 is 2.19 bits per heavy atom. The van der Waals surface area contributed by atoms with Crippen LogP contribution in [0.4, 0.5) is 5.69 Å². The van der Waals surface area contributed by atoms with Crippen LogP contribution in [0.15, 0.2) is 63.2 Å². The van der Waals surface area contributed by atoms with Crippen molar-refractivity contribution >= 4 is 50.5 Å². The number of carbonyl (C=O) groups is 1. The summed E-state index contributed by atoms with van der Waals surface area (Å²) in [6.07, 6.45) is 5.21. The minimum atomic E-state index is -0.141. The van der Waals surface area contributed by atoms with Gasteiger partial charge in [0.15, 0.2) is 5.17 Å². The topological polar surface area (TPSA) is 54.4 Å². The van der Waals surface area contributed by atoms with Crippen molar-refractivity contribution in [3.05, 3.63) is 63.7 Å². The Hall–Kier alpha value is -1.92. The minimum Gasteiger partial charge on any atom is -0.300 e. The van der Waals surface area contributed by atoms with E-state index in [9.17, 15) is 4.79 Å². The first-order valence-corrected chi connectivity index (χ1v) is 7.77. The van der Waals surface area contributed by atoms with Gasteiger partial charge in [-0.25, -0.2) is 4.99 Å². The molecule has 4 nitrogen and oxygen atoms in total. The predicted octanol–water partition coefficient (Wildman–Crippen LogP) is 3.74. The summed E-state index contributed by atoms with van der Waals surface area (Å²) in [6.45, 7) is 0. The highest BCUT2D eigenvalue weighted by Crippen LogP contribution is 2.28. The quantitative estimate of drug-likeness (QED) is 0.831. The number of amidine groups is 1. The second-order valence-corrected chi connectivity index (χ2v) is 6.19. The fourth-order valence-electron chi connectivity index (χ4n) is 1.76. The number of amides is 1. The molecule has 2 heterocycles. The van der Waals surface area contributed by atoms with Crippen LogP contribution in [-0.4, -0.2) is 16.1 Å². The van der Waals surface area contributed by atoms with Crippen molar-refractivity contribution in [2.45, 2.75) is 0 Å². The van der Waals surface area contributed by atoms with Crippen molar-refractivity contribution in [1.82, 2.24) is 10.3 Å². The van der Waals surface area contributed by atoms with Crippen molar-refractivity contribution in [2.75, 3.05) is 0 Å². The Balaban J connectivity index is 1.83. The average molecular weight is 360 g/mol. The van der Waals surface area contributed by atoms with Gasteiger partial charge in [-0.1, -0.05) is 28.1 Å². The summed E-state index contributed by atoms with van der Waals surface area (Å²) >= 11 is 4.72. The zero-order valence-electron chi connectivity index (χ0n) is 10.8. The molecule has 2 aromatic rings. The maximum absolute atomic E-state index is 11.9. The van der Waals surface area contributed by atoms with Crippen molar-refractivity contribution in [2.24, 2.45) is 4.99 Å². The van der Waals surface area contributed by atoms with E-state index in [0.29, 0.717) is 10.1 Å². The third-order valence-corrected chi connectivity index (χ3v) is 4.08. The fourth-order valence-corrected chi connectivity index (χ4v) is 2.99. The molecule has 1 aromatic carbocycles. The Morgan fingerprint density at radius 3 is 2.95 bits per heavy atom. The number of pyridine rings is 1. The van der Waals surface area contributed by atoms with E-state index in [-0.39, 0.29) is 5.91 Å². The Bertz CT molecular complexity index is 744. The van der Waals surface area contributed by atoms with Gasteiger partial charge in [0.05, 0.1) is 10.6 Å². The van der Waals surface area contributed by atoms with E-state index < -0.39 is 0 Å². The zero-order chi connectivity index (χ0) is 14.7. The van der Waals surface area contributed by atoms with Gasteiger partial charge in [-0.15, -0.1) is 0 Å². The Morgan fingerprint density at radius 1 is 1.29 bits per heavy atom. The van der Waals surface area contributed by atoms with Gasteiger partial charge in [0.25, 0.3) is 5.91 Å². The summed E-state index contributed by atoms with van der Waals surface area (Å²) in [7, 11) is 0. The van der Waals surface area contributed by atoms with E-state index in [4.69, 9.17) is 0 Å². The largest absolute Gasteiger partial charge is 0.300 e. The molecule has 1 saturated heterocycles. The van der Waals surface area contributed by atoms with E-state index in [0.717, 1.165) is 15.7 Å². The molecule has 21 heavy (non-hydrogen) atoms. The van der Waals surface area contributed by atoms with Crippen LogP contribution in [0.3, 0.4) is 0 Å². The molecule has 0 atom stereocenters. The molecule has 3 rings (SSSR count). The number of benzene rings is 1. The number of thioether (sulfide) groups is 1.